The van der Waals surface area contributed by atoms with Gasteiger partial charge in [0, 0.05) is 12.1 Å². The minimum absolute atomic E-state index is 0.110. The van der Waals surface area contributed by atoms with Crippen LogP contribution in [0, 0.1) is 0 Å². The highest BCUT2D eigenvalue weighted by atomic mass is 32.2. The quantitative estimate of drug-likeness (QED) is 0.762. The number of rotatable bonds is 2. The van der Waals surface area contributed by atoms with Crippen molar-refractivity contribution in [3.05, 3.63) is 23.8 Å². The summed E-state index contributed by atoms with van der Waals surface area (Å²) in [5, 5.41) is 8.90. The van der Waals surface area contributed by atoms with Gasteiger partial charge in [-0.15, -0.1) is 0 Å². The highest BCUT2D eigenvalue weighted by Crippen LogP contribution is 2.26. The Labute approximate surface area is 88.1 Å². The minimum Gasteiger partial charge on any atom is -0.390 e. The van der Waals surface area contributed by atoms with E-state index in [1.54, 1.807) is 12.3 Å². The van der Waals surface area contributed by atoms with E-state index in [-0.39, 0.29) is 24.0 Å². The normalized spacial score (nSPS) is 24.2. The van der Waals surface area contributed by atoms with Gasteiger partial charge in [0.15, 0.2) is 9.84 Å². The van der Waals surface area contributed by atoms with Crippen molar-refractivity contribution in [2.45, 2.75) is 18.9 Å². The smallest absolute Gasteiger partial charge is 0.151 e. The predicted molar refractivity (Wildman–Crippen MR) is 54.0 cm³/mol. The lowest BCUT2D eigenvalue weighted by molar-refractivity contribution is 0.276. The van der Waals surface area contributed by atoms with Crippen LogP contribution in [0.15, 0.2) is 12.3 Å². The second-order valence-electron chi connectivity index (χ2n) is 3.66. The topological polar surface area (TPSA) is 80.2 Å². The molecule has 0 radical (unpaired) electrons. The molecule has 0 bridgehead atoms. The SMILES string of the molecule is O=S1(=O)CCC(c2nccc(CO)n2)C1. The van der Waals surface area contributed by atoms with Crippen molar-refractivity contribution in [3.63, 3.8) is 0 Å². The average Bonchev–Trinajstić information content (AvgIpc) is 2.59. The van der Waals surface area contributed by atoms with Crippen LogP contribution in [0.1, 0.15) is 23.9 Å². The molecule has 1 atom stereocenters. The number of nitrogens with zero attached hydrogens (tertiary/aromatic N) is 2. The first-order valence-electron chi connectivity index (χ1n) is 4.74. The van der Waals surface area contributed by atoms with Crippen LogP contribution in [0.5, 0.6) is 0 Å². The van der Waals surface area contributed by atoms with Crippen LogP contribution < -0.4 is 0 Å². The Morgan fingerprint density at radius 3 is 2.93 bits per heavy atom. The molecular weight excluding hydrogens is 216 g/mol. The monoisotopic (exact) mass is 228 g/mol. The first-order chi connectivity index (χ1) is 7.11. The van der Waals surface area contributed by atoms with Crippen molar-refractivity contribution in [1.29, 1.82) is 0 Å². The van der Waals surface area contributed by atoms with Gasteiger partial charge in [-0.25, -0.2) is 18.4 Å². The van der Waals surface area contributed by atoms with Gasteiger partial charge in [0.2, 0.25) is 0 Å². The van der Waals surface area contributed by atoms with Crippen LogP contribution in [0.25, 0.3) is 0 Å². The van der Waals surface area contributed by atoms with Crippen LogP contribution in [0.2, 0.25) is 0 Å². The van der Waals surface area contributed by atoms with Crippen LogP contribution >= 0.6 is 0 Å². The van der Waals surface area contributed by atoms with Gasteiger partial charge in [-0.2, -0.15) is 0 Å². The molecule has 0 aromatic carbocycles. The van der Waals surface area contributed by atoms with Crippen LogP contribution in [-0.4, -0.2) is 35.0 Å². The number of sulfone groups is 1. The van der Waals surface area contributed by atoms with Gasteiger partial charge < -0.3 is 5.11 Å². The number of aliphatic hydroxyl groups excluding tert-OH is 1. The molecule has 0 spiro atoms. The predicted octanol–water partition coefficient (Wildman–Crippen LogP) is -0.129. The standard InChI is InChI=1S/C9H12N2O3S/c12-5-8-1-3-10-9(11-8)7-2-4-15(13,14)6-7/h1,3,7,12H,2,4-6H2. The van der Waals surface area contributed by atoms with E-state index in [4.69, 9.17) is 5.11 Å². The lowest BCUT2D eigenvalue weighted by Crippen LogP contribution is -2.08. The van der Waals surface area contributed by atoms with Gasteiger partial charge in [-0.05, 0) is 12.5 Å². The molecule has 1 aliphatic rings. The molecule has 0 saturated carbocycles. The molecular formula is C9H12N2O3S. The maximum Gasteiger partial charge on any atom is 0.151 e. The summed E-state index contributed by atoms with van der Waals surface area (Å²) < 4.78 is 22.5. The van der Waals surface area contributed by atoms with E-state index in [9.17, 15) is 8.42 Å². The number of aromatic nitrogens is 2. The maximum absolute atomic E-state index is 11.3. The highest BCUT2D eigenvalue weighted by Gasteiger charge is 2.30. The Morgan fingerprint density at radius 2 is 2.33 bits per heavy atom. The first-order valence-corrected chi connectivity index (χ1v) is 6.56. The highest BCUT2D eigenvalue weighted by molar-refractivity contribution is 7.91. The Bertz CT molecular complexity index is 458. The van der Waals surface area contributed by atoms with E-state index in [0.717, 1.165) is 0 Å². The first kappa shape index (κ1) is 10.5. The van der Waals surface area contributed by atoms with Crippen molar-refractivity contribution < 1.29 is 13.5 Å². The zero-order valence-corrected chi connectivity index (χ0v) is 8.94. The second-order valence-corrected chi connectivity index (χ2v) is 5.89. The lowest BCUT2D eigenvalue weighted by atomic mass is 10.1. The molecule has 1 unspecified atom stereocenters. The summed E-state index contributed by atoms with van der Waals surface area (Å²) in [5.41, 5.74) is 0.532. The third-order valence-electron chi connectivity index (χ3n) is 2.49. The summed E-state index contributed by atoms with van der Waals surface area (Å²) in [5.74, 6) is 0.760. The van der Waals surface area contributed by atoms with E-state index >= 15 is 0 Å². The number of aliphatic hydroxyl groups is 1. The largest absolute Gasteiger partial charge is 0.390 e. The summed E-state index contributed by atoms with van der Waals surface area (Å²) in [4.78, 5) is 8.16. The van der Waals surface area contributed by atoms with Gasteiger partial charge >= 0.3 is 0 Å². The Morgan fingerprint density at radius 1 is 1.53 bits per heavy atom. The van der Waals surface area contributed by atoms with Gasteiger partial charge in [-0.1, -0.05) is 0 Å². The van der Waals surface area contributed by atoms with Gasteiger partial charge in [-0.3, -0.25) is 0 Å². The molecule has 6 heteroatoms. The number of hydrogen-bond donors (Lipinski definition) is 1. The van der Waals surface area contributed by atoms with E-state index in [0.29, 0.717) is 17.9 Å². The fourth-order valence-corrected chi connectivity index (χ4v) is 3.44. The fraction of sp³-hybridized carbons (Fsp3) is 0.556. The second kappa shape index (κ2) is 3.86. The van der Waals surface area contributed by atoms with E-state index < -0.39 is 9.84 Å². The van der Waals surface area contributed by atoms with Gasteiger partial charge in [0.25, 0.3) is 0 Å². The average molecular weight is 228 g/mol. The van der Waals surface area contributed by atoms with Gasteiger partial charge in [0.05, 0.1) is 23.8 Å². The summed E-state index contributed by atoms with van der Waals surface area (Å²) >= 11 is 0. The molecule has 1 fully saturated rings. The molecule has 1 aromatic heterocycles. The molecule has 0 amide bonds. The summed E-state index contributed by atoms with van der Waals surface area (Å²) in [6, 6.07) is 1.62. The third-order valence-corrected chi connectivity index (χ3v) is 4.26. The third kappa shape index (κ3) is 2.32. The molecule has 1 N–H and O–H groups in total. The van der Waals surface area contributed by atoms with E-state index in [2.05, 4.69) is 9.97 Å². The van der Waals surface area contributed by atoms with Crippen LogP contribution in [-0.2, 0) is 16.4 Å². The molecule has 5 nitrogen and oxygen atoms in total. The maximum atomic E-state index is 11.3. The molecule has 1 aromatic rings. The summed E-state index contributed by atoms with van der Waals surface area (Å²) in [6.07, 6.45) is 2.13. The zero-order chi connectivity index (χ0) is 10.9. The lowest BCUT2D eigenvalue weighted by Gasteiger charge is -2.06. The fourth-order valence-electron chi connectivity index (χ4n) is 1.70. The van der Waals surface area contributed by atoms with Crippen LogP contribution in [0.3, 0.4) is 0 Å². The van der Waals surface area contributed by atoms with Crippen molar-refractivity contribution in [1.82, 2.24) is 9.97 Å². The van der Waals surface area contributed by atoms with Crippen LogP contribution in [0.4, 0.5) is 0 Å². The van der Waals surface area contributed by atoms with Gasteiger partial charge in [0.1, 0.15) is 5.82 Å². The molecule has 1 saturated heterocycles. The van der Waals surface area contributed by atoms with Crippen molar-refractivity contribution in [2.24, 2.45) is 0 Å². The number of hydrogen-bond acceptors (Lipinski definition) is 5. The van der Waals surface area contributed by atoms with Crippen molar-refractivity contribution >= 4 is 9.84 Å². The summed E-state index contributed by atoms with van der Waals surface area (Å²) in [6.45, 7) is -0.144. The summed E-state index contributed by atoms with van der Waals surface area (Å²) in [7, 11) is -2.91. The Hall–Kier alpha value is -1.01. The van der Waals surface area contributed by atoms with E-state index in [1.165, 1.54) is 0 Å². The van der Waals surface area contributed by atoms with Crippen molar-refractivity contribution in [3.8, 4) is 0 Å². The van der Waals surface area contributed by atoms with E-state index in [1.807, 2.05) is 0 Å². The molecule has 0 aliphatic carbocycles. The Balaban J connectivity index is 2.24. The Kier molecular flexibility index (Phi) is 2.70. The molecule has 82 valence electrons. The molecule has 15 heavy (non-hydrogen) atoms. The molecule has 2 heterocycles. The zero-order valence-electron chi connectivity index (χ0n) is 8.13. The molecule has 1 aliphatic heterocycles. The molecule has 2 rings (SSSR count). The minimum atomic E-state index is -2.91. The van der Waals surface area contributed by atoms with Crippen molar-refractivity contribution in [2.75, 3.05) is 11.5 Å².